The number of benzene rings is 3. The Morgan fingerprint density at radius 2 is 1.54 bits per heavy atom. The van der Waals surface area contributed by atoms with Gasteiger partial charge in [-0.3, -0.25) is 9.10 Å². The van der Waals surface area contributed by atoms with Crippen LogP contribution in [0, 0.1) is 0 Å². The highest BCUT2D eigenvalue weighted by molar-refractivity contribution is 7.92. The molecule has 0 unspecified atom stereocenters. The molecule has 3 aromatic rings. The lowest BCUT2D eigenvalue weighted by Crippen LogP contribution is -2.38. The summed E-state index contributed by atoms with van der Waals surface area (Å²) >= 11 is 0. The summed E-state index contributed by atoms with van der Waals surface area (Å²) in [5.74, 6) is -0.508. The number of methoxy groups -OCH3 is 2. The number of esters is 1. The zero-order chi connectivity index (χ0) is 25.4. The maximum atomic E-state index is 13.6. The van der Waals surface area contributed by atoms with Gasteiger partial charge in [0.05, 0.1) is 42.7 Å². The first-order valence-corrected chi connectivity index (χ1v) is 12.1. The van der Waals surface area contributed by atoms with Crippen molar-refractivity contribution in [2.45, 2.75) is 11.8 Å². The number of para-hydroxylation sites is 3. The normalized spacial score (nSPS) is 10.8. The molecule has 1 amide bonds. The van der Waals surface area contributed by atoms with E-state index in [1.54, 1.807) is 43.3 Å². The van der Waals surface area contributed by atoms with E-state index in [1.165, 1.54) is 50.6 Å². The molecule has 10 heteroatoms. The summed E-state index contributed by atoms with van der Waals surface area (Å²) in [5.41, 5.74) is 0.543. The maximum Gasteiger partial charge on any atom is 0.340 e. The molecule has 0 aliphatic carbocycles. The molecule has 3 aromatic carbocycles. The van der Waals surface area contributed by atoms with Crippen LogP contribution in [0.2, 0.25) is 0 Å². The van der Waals surface area contributed by atoms with Gasteiger partial charge in [0, 0.05) is 0 Å². The van der Waals surface area contributed by atoms with Crippen LogP contribution in [0.5, 0.6) is 11.5 Å². The summed E-state index contributed by atoms with van der Waals surface area (Å²) in [5, 5.41) is 2.62. The first kappa shape index (κ1) is 25.6. The van der Waals surface area contributed by atoms with Crippen molar-refractivity contribution in [1.82, 2.24) is 0 Å². The van der Waals surface area contributed by atoms with Gasteiger partial charge in [-0.25, -0.2) is 13.2 Å². The second-order valence-corrected chi connectivity index (χ2v) is 9.04. The second kappa shape index (κ2) is 11.4. The minimum absolute atomic E-state index is 0.0380. The highest BCUT2D eigenvalue weighted by Crippen LogP contribution is 2.32. The fourth-order valence-corrected chi connectivity index (χ4v) is 4.74. The Hall–Kier alpha value is -4.05. The SMILES string of the molecule is CCOC(=O)c1ccccc1NC(=O)CN(c1ccccc1OC)S(=O)(=O)c1ccc(OC)cc1. The van der Waals surface area contributed by atoms with Crippen LogP contribution in [0.1, 0.15) is 17.3 Å². The summed E-state index contributed by atoms with van der Waals surface area (Å²) in [6.45, 7) is 1.27. The Morgan fingerprint density at radius 1 is 0.886 bits per heavy atom. The Kier molecular flexibility index (Phi) is 8.32. The number of sulfonamides is 1. The number of rotatable bonds is 10. The predicted octanol–water partition coefficient (Wildman–Crippen LogP) is 3.71. The lowest BCUT2D eigenvalue weighted by Gasteiger charge is -2.25. The van der Waals surface area contributed by atoms with E-state index in [9.17, 15) is 18.0 Å². The maximum absolute atomic E-state index is 13.6. The van der Waals surface area contributed by atoms with Gasteiger partial charge in [-0.05, 0) is 55.5 Å². The van der Waals surface area contributed by atoms with Gasteiger partial charge in [0.1, 0.15) is 18.0 Å². The lowest BCUT2D eigenvalue weighted by molar-refractivity contribution is -0.114. The highest BCUT2D eigenvalue weighted by atomic mass is 32.2. The molecular formula is C25H26N2O7S. The first-order chi connectivity index (χ1) is 16.8. The third-order valence-corrected chi connectivity index (χ3v) is 6.76. The van der Waals surface area contributed by atoms with Crippen molar-refractivity contribution in [1.29, 1.82) is 0 Å². The molecule has 0 fully saturated rings. The van der Waals surface area contributed by atoms with Gasteiger partial charge in [0.25, 0.3) is 10.0 Å². The summed E-state index contributed by atoms with van der Waals surface area (Å²) in [7, 11) is -1.30. The van der Waals surface area contributed by atoms with E-state index in [0.29, 0.717) is 5.75 Å². The second-order valence-electron chi connectivity index (χ2n) is 7.17. The number of anilines is 2. The number of nitrogens with zero attached hydrogens (tertiary/aromatic N) is 1. The Bertz CT molecular complexity index is 1290. The minimum atomic E-state index is -4.19. The number of hydrogen-bond acceptors (Lipinski definition) is 7. The van der Waals surface area contributed by atoms with Crippen LogP contribution in [0.25, 0.3) is 0 Å². The van der Waals surface area contributed by atoms with Crippen LogP contribution in [-0.4, -0.2) is 47.7 Å². The molecule has 0 aliphatic rings. The Labute approximate surface area is 204 Å². The summed E-state index contributed by atoms with van der Waals surface area (Å²) in [6.07, 6.45) is 0. The van der Waals surface area contributed by atoms with Gasteiger partial charge < -0.3 is 19.5 Å². The molecule has 184 valence electrons. The molecule has 35 heavy (non-hydrogen) atoms. The first-order valence-electron chi connectivity index (χ1n) is 10.7. The van der Waals surface area contributed by atoms with Crippen LogP contribution in [0.4, 0.5) is 11.4 Å². The molecule has 0 heterocycles. The predicted molar refractivity (Wildman–Crippen MR) is 132 cm³/mol. The van der Waals surface area contributed by atoms with E-state index >= 15 is 0 Å². The minimum Gasteiger partial charge on any atom is -0.497 e. The van der Waals surface area contributed by atoms with Crippen molar-refractivity contribution < 1.29 is 32.2 Å². The smallest absolute Gasteiger partial charge is 0.340 e. The summed E-state index contributed by atoms with van der Waals surface area (Å²) in [4.78, 5) is 25.3. The van der Waals surface area contributed by atoms with Gasteiger partial charge in [-0.15, -0.1) is 0 Å². The van der Waals surface area contributed by atoms with Crippen LogP contribution in [-0.2, 0) is 19.6 Å². The molecule has 0 spiro atoms. The van der Waals surface area contributed by atoms with Gasteiger partial charge in [0.2, 0.25) is 5.91 Å². The zero-order valence-corrected chi connectivity index (χ0v) is 20.4. The third-order valence-electron chi connectivity index (χ3n) is 4.99. The number of carbonyl (C=O) groups is 2. The number of amides is 1. The molecular weight excluding hydrogens is 472 g/mol. The van der Waals surface area contributed by atoms with Crippen molar-refractivity contribution in [3.63, 3.8) is 0 Å². The average Bonchev–Trinajstić information content (AvgIpc) is 2.87. The van der Waals surface area contributed by atoms with Gasteiger partial charge in [-0.1, -0.05) is 24.3 Å². The fourth-order valence-electron chi connectivity index (χ4n) is 3.31. The highest BCUT2D eigenvalue weighted by Gasteiger charge is 2.30. The third kappa shape index (κ3) is 5.90. The summed E-state index contributed by atoms with van der Waals surface area (Å²) < 4.78 is 43.7. The number of nitrogens with one attached hydrogen (secondary N) is 1. The van der Waals surface area contributed by atoms with E-state index in [0.717, 1.165) is 4.31 Å². The quantitative estimate of drug-likeness (QED) is 0.424. The van der Waals surface area contributed by atoms with Crippen LogP contribution >= 0.6 is 0 Å². The van der Waals surface area contributed by atoms with Crippen LogP contribution in [0.15, 0.2) is 77.7 Å². The van der Waals surface area contributed by atoms with Crippen molar-refractivity contribution in [2.75, 3.05) is 37.0 Å². The zero-order valence-electron chi connectivity index (χ0n) is 19.6. The van der Waals surface area contributed by atoms with Crippen LogP contribution < -0.4 is 19.1 Å². The molecule has 0 bridgehead atoms. The number of carbonyl (C=O) groups excluding carboxylic acids is 2. The van der Waals surface area contributed by atoms with Crippen molar-refractivity contribution >= 4 is 33.3 Å². The fraction of sp³-hybridized carbons (Fsp3) is 0.200. The number of ether oxygens (including phenoxy) is 3. The van der Waals surface area contributed by atoms with E-state index in [-0.39, 0.29) is 34.2 Å². The van der Waals surface area contributed by atoms with Crippen molar-refractivity contribution in [2.24, 2.45) is 0 Å². The van der Waals surface area contributed by atoms with E-state index in [2.05, 4.69) is 5.32 Å². The molecule has 0 aromatic heterocycles. The topological polar surface area (TPSA) is 111 Å². The van der Waals surface area contributed by atoms with Crippen molar-refractivity contribution in [3.8, 4) is 11.5 Å². The average molecular weight is 499 g/mol. The van der Waals surface area contributed by atoms with E-state index in [1.807, 2.05) is 0 Å². The van der Waals surface area contributed by atoms with E-state index < -0.39 is 28.4 Å². The van der Waals surface area contributed by atoms with Gasteiger partial charge >= 0.3 is 5.97 Å². The Balaban J connectivity index is 1.98. The molecule has 0 atom stereocenters. The largest absolute Gasteiger partial charge is 0.497 e. The van der Waals surface area contributed by atoms with Crippen molar-refractivity contribution in [3.05, 3.63) is 78.4 Å². The lowest BCUT2D eigenvalue weighted by atomic mass is 10.2. The van der Waals surface area contributed by atoms with E-state index in [4.69, 9.17) is 14.2 Å². The molecule has 0 saturated heterocycles. The standard InChI is InChI=1S/C25H26N2O7S/c1-4-34-25(29)20-9-5-6-10-21(20)26-24(28)17-27(22-11-7-8-12-23(22)33-3)35(30,31)19-15-13-18(32-2)14-16-19/h5-16H,4,17H2,1-3H3,(H,26,28). The monoisotopic (exact) mass is 498 g/mol. The number of hydrogen-bond donors (Lipinski definition) is 1. The Morgan fingerprint density at radius 3 is 2.20 bits per heavy atom. The molecule has 1 N–H and O–H groups in total. The molecule has 0 saturated carbocycles. The van der Waals surface area contributed by atoms with Crippen LogP contribution in [0.3, 0.4) is 0 Å². The van der Waals surface area contributed by atoms with Gasteiger partial charge in [-0.2, -0.15) is 0 Å². The molecule has 3 rings (SSSR count). The van der Waals surface area contributed by atoms with Gasteiger partial charge in [0.15, 0.2) is 0 Å². The molecule has 0 aliphatic heterocycles. The summed E-state index contributed by atoms with van der Waals surface area (Å²) in [6, 6.07) is 18.6. The molecule has 9 nitrogen and oxygen atoms in total. The molecule has 0 radical (unpaired) electrons.